The van der Waals surface area contributed by atoms with Crippen LogP contribution >= 0.6 is 23.2 Å². The second-order valence-electron chi connectivity index (χ2n) is 4.35. The highest BCUT2D eigenvalue weighted by atomic mass is 35.5. The van der Waals surface area contributed by atoms with Crippen LogP contribution in [0.2, 0.25) is 10.0 Å². The van der Waals surface area contributed by atoms with Gasteiger partial charge in [-0.25, -0.2) is 9.97 Å². The zero-order valence-electron chi connectivity index (χ0n) is 12.0. The molecule has 4 nitrogen and oxygen atoms in total. The van der Waals surface area contributed by atoms with Crippen LogP contribution in [-0.2, 0) is 11.3 Å². The third-order valence-corrected chi connectivity index (χ3v) is 3.33. The van der Waals surface area contributed by atoms with E-state index in [2.05, 4.69) is 15.3 Å². The quantitative estimate of drug-likeness (QED) is 0.854. The standard InChI is InChI=1S/C15H17Cl2N3O/c1-3-18-14-8-13(19-15(20-14)9-21-4-2)11-7-10(16)5-6-12(11)17/h5-8H,3-4,9H2,1-2H3,(H,18,19,20). The normalized spacial score (nSPS) is 10.7. The zero-order chi connectivity index (χ0) is 15.2. The Kier molecular flexibility index (Phi) is 5.79. The van der Waals surface area contributed by atoms with Crippen LogP contribution in [0.4, 0.5) is 5.82 Å². The topological polar surface area (TPSA) is 47.0 Å². The minimum absolute atomic E-state index is 0.362. The molecule has 112 valence electrons. The van der Waals surface area contributed by atoms with Crippen molar-refractivity contribution in [3.05, 3.63) is 40.1 Å². The summed E-state index contributed by atoms with van der Waals surface area (Å²) in [5.74, 6) is 1.36. The molecule has 0 fully saturated rings. The summed E-state index contributed by atoms with van der Waals surface area (Å²) in [6.07, 6.45) is 0. The first-order chi connectivity index (χ1) is 10.1. The van der Waals surface area contributed by atoms with Crippen LogP contribution in [-0.4, -0.2) is 23.1 Å². The van der Waals surface area contributed by atoms with Gasteiger partial charge in [-0.05, 0) is 32.0 Å². The average Bonchev–Trinajstić information content (AvgIpc) is 2.48. The average molecular weight is 326 g/mol. The van der Waals surface area contributed by atoms with E-state index in [1.165, 1.54) is 0 Å². The minimum Gasteiger partial charge on any atom is -0.374 e. The molecule has 1 aromatic heterocycles. The Morgan fingerprint density at radius 3 is 2.67 bits per heavy atom. The van der Waals surface area contributed by atoms with E-state index in [-0.39, 0.29) is 0 Å². The van der Waals surface area contributed by atoms with Crippen LogP contribution in [0.15, 0.2) is 24.3 Å². The molecule has 0 bridgehead atoms. The Balaban J connectivity index is 2.45. The van der Waals surface area contributed by atoms with Crippen LogP contribution < -0.4 is 5.32 Å². The predicted octanol–water partition coefficient (Wildman–Crippen LogP) is 4.42. The molecule has 0 aliphatic rings. The molecule has 6 heteroatoms. The zero-order valence-corrected chi connectivity index (χ0v) is 13.5. The molecule has 0 spiro atoms. The van der Waals surface area contributed by atoms with Gasteiger partial charge in [-0.15, -0.1) is 0 Å². The molecule has 2 aromatic rings. The van der Waals surface area contributed by atoms with Crippen LogP contribution in [0.25, 0.3) is 11.3 Å². The summed E-state index contributed by atoms with van der Waals surface area (Å²) in [5.41, 5.74) is 1.51. The first-order valence-corrected chi connectivity index (χ1v) is 7.54. The minimum atomic E-state index is 0.362. The molecule has 0 unspecified atom stereocenters. The molecule has 0 amide bonds. The molecule has 0 aliphatic heterocycles. The second kappa shape index (κ2) is 7.59. The fourth-order valence-electron chi connectivity index (χ4n) is 1.86. The van der Waals surface area contributed by atoms with E-state index < -0.39 is 0 Å². The highest BCUT2D eigenvalue weighted by Crippen LogP contribution is 2.30. The lowest BCUT2D eigenvalue weighted by Gasteiger charge is -2.10. The highest BCUT2D eigenvalue weighted by Gasteiger charge is 2.10. The lowest BCUT2D eigenvalue weighted by atomic mass is 10.1. The Labute approximate surface area is 134 Å². The fourth-order valence-corrected chi connectivity index (χ4v) is 2.24. The van der Waals surface area contributed by atoms with Gasteiger partial charge in [-0.2, -0.15) is 0 Å². The van der Waals surface area contributed by atoms with E-state index in [0.29, 0.717) is 29.1 Å². The summed E-state index contributed by atoms with van der Waals surface area (Å²) in [6.45, 7) is 5.69. The predicted molar refractivity (Wildman–Crippen MR) is 87.0 cm³/mol. The lowest BCUT2D eigenvalue weighted by molar-refractivity contribution is 0.128. The van der Waals surface area contributed by atoms with Crippen molar-refractivity contribution in [2.24, 2.45) is 0 Å². The van der Waals surface area contributed by atoms with Crippen LogP contribution in [0.3, 0.4) is 0 Å². The molecule has 0 radical (unpaired) electrons. The Morgan fingerprint density at radius 1 is 1.14 bits per heavy atom. The SMILES string of the molecule is CCNc1cc(-c2cc(Cl)ccc2Cl)nc(COCC)n1. The van der Waals surface area contributed by atoms with Gasteiger partial charge in [0, 0.05) is 29.8 Å². The molecule has 2 rings (SSSR count). The molecule has 0 saturated carbocycles. The third kappa shape index (κ3) is 4.30. The van der Waals surface area contributed by atoms with Gasteiger partial charge in [0.1, 0.15) is 12.4 Å². The monoisotopic (exact) mass is 325 g/mol. The molecule has 0 saturated heterocycles. The van der Waals surface area contributed by atoms with Gasteiger partial charge >= 0.3 is 0 Å². The fraction of sp³-hybridized carbons (Fsp3) is 0.333. The van der Waals surface area contributed by atoms with E-state index in [1.54, 1.807) is 18.2 Å². The Hall–Kier alpha value is -1.36. The van der Waals surface area contributed by atoms with E-state index in [1.807, 2.05) is 19.9 Å². The Morgan fingerprint density at radius 2 is 1.95 bits per heavy atom. The summed E-state index contributed by atoms with van der Waals surface area (Å²) in [4.78, 5) is 8.92. The van der Waals surface area contributed by atoms with Gasteiger partial charge in [-0.1, -0.05) is 23.2 Å². The van der Waals surface area contributed by atoms with Crippen LogP contribution in [0.5, 0.6) is 0 Å². The number of nitrogens with zero attached hydrogens (tertiary/aromatic N) is 2. The number of ether oxygens (including phenoxy) is 1. The van der Waals surface area contributed by atoms with Crippen molar-refractivity contribution >= 4 is 29.0 Å². The summed E-state index contributed by atoms with van der Waals surface area (Å²) in [7, 11) is 0. The van der Waals surface area contributed by atoms with E-state index >= 15 is 0 Å². The molecular weight excluding hydrogens is 309 g/mol. The summed E-state index contributed by atoms with van der Waals surface area (Å²) in [6, 6.07) is 7.17. The van der Waals surface area contributed by atoms with Crippen molar-refractivity contribution in [3.8, 4) is 11.3 Å². The number of halogens is 2. The van der Waals surface area contributed by atoms with E-state index in [9.17, 15) is 0 Å². The maximum absolute atomic E-state index is 6.25. The van der Waals surface area contributed by atoms with Gasteiger partial charge in [0.2, 0.25) is 0 Å². The first-order valence-electron chi connectivity index (χ1n) is 6.79. The molecule has 0 aliphatic carbocycles. The molecule has 1 heterocycles. The third-order valence-electron chi connectivity index (χ3n) is 2.77. The van der Waals surface area contributed by atoms with E-state index in [0.717, 1.165) is 23.6 Å². The maximum atomic E-state index is 6.25. The smallest absolute Gasteiger partial charge is 0.157 e. The van der Waals surface area contributed by atoms with Crippen molar-refractivity contribution in [2.45, 2.75) is 20.5 Å². The van der Waals surface area contributed by atoms with Crippen LogP contribution in [0, 0.1) is 0 Å². The molecule has 1 aromatic carbocycles. The number of nitrogens with one attached hydrogen (secondary N) is 1. The number of aromatic nitrogens is 2. The number of anilines is 1. The first kappa shape index (κ1) is 16.0. The van der Waals surface area contributed by atoms with Crippen molar-refractivity contribution < 1.29 is 4.74 Å². The summed E-state index contributed by atoms with van der Waals surface area (Å²) >= 11 is 12.3. The van der Waals surface area contributed by atoms with Crippen molar-refractivity contribution in [1.29, 1.82) is 0 Å². The highest BCUT2D eigenvalue weighted by molar-refractivity contribution is 6.35. The number of hydrogen-bond acceptors (Lipinski definition) is 4. The number of rotatable bonds is 6. The van der Waals surface area contributed by atoms with Crippen molar-refractivity contribution in [3.63, 3.8) is 0 Å². The number of benzene rings is 1. The van der Waals surface area contributed by atoms with Gasteiger partial charge in [0.25, 0.3) is 0 Å². The van der Waals surface area contributed by atoms with Gasteiger partial charge in [0.05, 0.1) is 10.7 Å². The second-order valence-corrected chi connectivity index (χ2v) is 5.19. The molecule has 21 heavy (non-hydrogen) atoms. The molecule has 0 atom stereocenters. The van der Waals surface area contributed by atoms with Gasteiger partial charge < -0.3 is 10.1 Å². The summed E-state index contributed by atoms with van der Waals surface area (Å²) < 4.78 is 5.39. The van der Waals surface area contributed by atoms with Crippen LogP contribution in [0.1, 0.15) is 19.7 Å². The number of hydrogen-bond donors (Lipinski definition) is 1. The van der Waals surface area contributed by atoms with Crippen molar-refractivity contribution in [1.82, 2.24) is 9.97 Å². The maximum Gasteiger partial charge on any atom is 0.157 e. The summed E-state index contributed by atoms with van der Waals surface area (Å²) in [5, 5.41) is 4.40. The molecule has 1 N–H and O–H groups in total. The van der Waals surface area contributed by atoms with Gasteiger partial charge in [0.15, 0.2) is 5.82 Å². The van der Waals surface area contributed by atoms with Gasteiger partial charge in [-0.3, -0.25) is 0 Å². The van der Waals surface area contributed by atoms with E-state index in [4.69, 9.17) is 27.9 Å². The Bertz CT molecular complexity index is 620. The largest absolute Gasteiger partial charge is 0.374 e. The lowest BCUT2D eigenvalue weighted by Crippen LogP contribution is -2.06. The molecular formula is C15H17Cl2N3O. The van der Waals surface area contributed by atoms with Crippen molar-refractivity contribution in [2.75, 3.05) is 18.5 Å².